The van der Waals surface area contributed by atoms with Crippen molar-refractivity contribution < 1.29 is 30.0 Å². The first-order chi connectivity index (χ1) is 16.1. The molecule has 0 radical (unpaired) electrons. The monoisotopic (exact) mass is 498 g/mol. The molecule has 0 saturated heterocycles. The van der Waals surface area contributed by atoms with Crippen molar-refractivity contribution in [1.29, 1.82) is 0 Å². The highest BCUT2D eigenvalue weighted by Crippen LogP contribution is 2.23. The van der Waals surface area contributed by atoms with Crippen LogP contribution in [0, 0.1) is 0 Å². The number of aromatic hydroxyl groups is 2. The second-order valence-electron chi connectivity index (χ2n) is 6.81. The molecule has 0 aliphatic heterocycles. The van der Waals surface area contributed by atoms with Crippen LogP contribution in [-0.4, -0.2) is 42.6 Å². The van der Waals surface area contributed by atoms with Crippen molar-refractivity contribution in [2.24, 2.45) is 0 Å². The molecule has 0 aliphatic carbocycles. The van der Waals surface area contributed by atoms with Crippen LogP contribution in [0.4, 0.5) is 22.7 Å². The maximum atomic E-state index is 11.0. The van der Waals surface area contributed by atoms with Gasteiger partial charge < -0.3 is 41.7 Å². The lowest BCUT2D eigenvalue weighted by atomic mass is 10.2. The third-order valence-electron chi connectivity index (χ3n) is 4.37. The van der Waals surface area contributed by atoms with Crippen LogP contribution in [0.1, 0.15) is 20.7 Å². The first kappa shape index (κ1) is 24.2. The SMILES string of the molecule is O=C(O)c1ccc(NC(=S)Nc2ccc(NC(=S)Nc3ccc(C(=O)O)c(O)c3)cc2)cc1O. The molecule has 0 heterocycles. The number of benzene rings is 3. The Morgan fingerprint density at radius 3 is 1.15 bits per heavy atom. The smallest absolute Gasteiger partial charge is 0.339 e. The molecule has 0 aliphatic rings. The minimum absolute atomic E-state index is 0.214. The quantitative estimate of drug-likeness (QED) is 0.230. The van der Waals surface area contributed by atoms with Gasteiger partial charge in [-0.2, -0.15) is 0 Å². The fourth-order valence-electron chi connectivity index (χ4n) is 2.80. The van der Waals surface area contributed by atoms with Gasteiger partial charge in [0.1, 0.15) is 22.6 Å². The number of aromatic carboxylic acids is 2. The molecule has 0 unspecified atom stereocenters. The standard InChI is InChI=1S/C22H18N4O6S2/c27-17-9-13(5-7-15(17)19(29)30)25-21(33)23-11-1-2-12(4-3-11)24-22(34)26-14-6-8-16(20(31)32)18(28)10-14/h1-10,27-28H,(H,29,30)(H,31,32)(H2,23,25,33)(H2,24,26,34). The zero-order valence-corrected chi connectivity index (χ0v) is 18.8. The number of phenols is 2. The fraction of sp³-hybridized carbons (Fsp3) is 0. The summed E-state index contributed by atoms with van der Waals surface area (Å²) in [6.45, 7) is 0. The van der Waals surface area contributed by atoms with E-state index in [1.807, 2.05) is 0 Å². The molecule has 0 fully saturated rings. The van der Waals surface area contributed by atoms with Crippen LogP contribution in [0.25, 0.3) is 0 Å². The molecule has 0 spiro atoms. The Morgan fingerprint density at radius 2 is 0.853 bits per heavy atom. The number of hydrogen-bond donors (Lipinski definition) is 8. The Kier molecular flexibility index (Phi) is 7.46. The Labute approximate surface area is 203 Å². The van der Waals surface area contributed by atoms with Gasteiger partial charge >= 0.3 is 11.9 Å². The van der Waals surface area contributed by atoms with E-state index in [4.69, 9.17) is 34.6 Å². The average molecular weight is 499 g/mol. The molecule has 3 rings (SSSR count). The van der Waals surface area contributed by atoms with E-state index in [1.54, 1.807) is 24.3 Å². The van der Waals surface area contributed by atoms with Crippen molar-refractivity contribution in [3.05, 3.63) is 71.8 Å². The van der Waals surface area contributed by atoms with E-state index in [1.165, 1.54) is 36.4 Å². The predicted octanol–water partition coefficient (Wildman–Crippen LogP) is 4.11. The van der Waals surface area contributed by atoms with Crippen LogP contribution in [0.5, 0.6) is 11.5 Å². The Balaban J connectivity index is 1.54. The molecule has 12 heteroatoms. The van der Waals surface area contributed by atoms with Gasteiger partial charge in [-0.3, -0.25) is 0 Å². The first-order valence-electron chi connectivity index (χ1n) is 9.51. The van der Waals surface area contributed by atoms with Gasteiger partial charge in [-0.1, -0.05) is 0 Å². The summed E-state index contributed by atoms with van der Waals surface area (Å²) in [5, 5.41) is 49.5. The predicted molar refractivity (Wildman–Crippen MR) is 136 cm³/mol. The number of anilines is 4. The van der Waals surface area contributed by atoms with E-state index < -0.39 is 11.9 Å². The van der Waals surface area contributed by atoms with Gasteiger partial charge in [0.2, 0.25) is 0 Å². The van der Waals surface area contributed by atoms with E-state index in [9.17, 15) is 19.8 Å². The number of nitrogens with one attached hydrogen (secondary N) is 4. The molecule has 0 aromatic heterocycles. The number of thiocarbonyl (C=S) groups is 2. The minimum Gasteiger partial charge on any atom is -0.507 e. The summed E-state index contributed by atoms with van der Waals surface area (Å²) < 4.78 is 0. The van der Waals surface area contributed by atoms with Crippen molar-refractivity contribution in [3.8, 4) is 11.5 Å². The van der Waals surface area contributed by atoms with Crippen LogP contribution >= 0.6 is 24.4 Å². The third kappa shape index (κ3) is 6.31. The normalized spacial score (nSPS) is 10.1. The molecule has 3 aromatic carbocycles. The fourth-order valence-corrected chi connectivity index (χ4v) is 3.28. The van der Waals surface area contributed by atoms with E-state index in [0.717, 1.165) is 0 Å². The Hall–Kier alpha value is -4.42. The molecule has 34 heavy (non-hydrogen) atoms. The lowest BCUT2D eigenvalue weighted by molar-refractivity contribution is 0.0682. The van der Waals surface area contributed by atoms with E-state index >= 15 is 0 Å². The van der Waals surface area contributed by atoms with Gasteiger partial charge in [0.25, 0.3) is 0 Å². The molecular formula is C22H18N4O6S2. The summed E-state index contributed by atoms with van der Waals surface area (Å²) >= 11 is 10.5. The summed E-state index contributed by atoms with van der Waals surface area (Å²) in [4.78, 5) is 21.9. The zero-order chi connectivity index (χ0) is 24.8. The van der Waals surface area contributed by atoms with Crippen molar-refractivity contribution >= 4 is 69.3 Å². The summed E-state index contributed by atoms with van der Waals surface area (Å²) in [5.74, 6) is -3.23. The van der Waals surface area contributed by atoms with Gasteiger partial charge in [0.05, 0.1) is 0 Å². The van der Waals surface area contributed by atoms with Crippen molar-refractivity contribution in [3.63, 3.8) is 0 Å². The summed E-state index contributed by atoms with van der Waals surface area (Å²) in [6.07, 6.45) is 0. The highest BCUT2D eigenvalue weighted by molar-refractivity contribution is 7.81. The highest BCUT2D eigenvalue weighted by Gasteiger charge is 2.11. The third-order valence-corrected chi connectivity index (χ3v) is 4.78. The van der Waals surface area contributed by atoms with E-state index in [0.29, 0.717) is 22.7 Å². The van der Waals surface area contributed by atoms with Crippen LogP contribution < -0.4 is 21.3 Å². The second kappa shape index (κ2) is 10.5. The lowest BCUT2D eigenvalue weighted by Crippen LogP contribution is -2.20. The maximum Gasteiger partial charge on any atom is 0.339 e. The Bertz CT molecular complexity index is 1180. The Morgan fingerprint density at radius 1 is 0.559 bits per heavy atom. The minimum atomic E-state index is -1.23. The van der Waals surface area contributed by atoms with E-state index in [2.05, 4.69) is 21.3 Å². The van der Waals surface area contributed by atoms with Crippen LogP contribution in [0.15, 0.2) is 60.7 Å². The second-order valence-corrected chi connectivity index (χ2v) is 7.63. The van der Waals surface area contributed by atoms with Gasteiger partial charge in [0.15, 0.2) is 10.2 Å². The molecule has 10 nitrogen and oxygen atoms in total. The molecule has 0 atom stereocenters. The zero-order valence-electron chi connectivity index (χ0n) is 17.2. The molecule has 0 bridgehead atoms. The molecule has 3 aromatic rings. The van der Waals surface area contributed by atoms with Gasteiger partial charge in [-0.25, -0.2) is 9.59 Å². The van der Waals surface area contributed by atoms with Gasteiger partial charge in [-0.15, -0.1) is 0 Å². The molecular weight excluding hydrogens is 480 g/mol. The number of carboxylic acids is 2. The van der Waals surface area contributed by atoms with Crippen LogP contribution in [0.3, 0.4) is 0 Å². The van der Waals surface area contributed by atoms with E-state index in [-0.39, 0.29) is 32.9 Å². The number of rotatable bonds is 6. The van der Waals surface area contributed by atoms with Crippen molar-refractivity contribution in [2.45, 2.75) is 0 Å². The average Bonchev–Trinajstić information content (AvgIpc) is 2.74. The summed E-state index contributed by atoms with van der Waals surface area (Å²) in [7, 11) is 0. The topological polar surface area (TPSA) is 163 Å². The molecule has 174 valence electrons. The van der Waals surface area contributed by atoms with Crippen LogP contribution in [0.2, 0.25) is 0 Å². The highest BCUT2D eigenvalue weighted by atomic mass is 32.1. The summed E-state index contributed by atoms with van der Waals surface area (Å²) in [5.41, 5.74) is 1.71. The molecule has 0 amide bonds. The maximum absolute atomic E-state index is 11.0. The summed E-state index contributed by atoms with van der Waals surface area (Å²) in [6, 6.07) is 14.9. The first-order valence-corrected chi connectivity index (χ1v) is 10.3. The largest absolute Gasteiger partial charge is 0.507 e. The van der Waals surface area contributed by atoms with Crippen molar-refractivity contribution in [1.82, 2.24) is 0 Å². The molecule has 8 N–H and O–H groups in total. The number of carbonyl (C=O) groups is 2. The number of hydrogen-bond acceptors (Lipinski definition) is 6. The number of carboxylic acid groups (broad SMARTS) is 2. The molecule has 0 saturated carbocycles. The van der Waals surface area contributed by atoms with Gasteiger partial charge in [0, 0.05) is 34.9 Å². The van der Waals surface area contributed by atoms with Crippen LogP contribution in [-0.2, 0) is 0 Å². The lowest BCUT2D eigenvalue weighted by Gasteiger charge is -2.13. The van der Waals surface area contributed by atoms with Gasteiger partial charge in [-0.05, 0) is 73.0 Å². The van der Waals surface area contributed by atoms with Crippen molar-refractivity contribution in [2.75, 3.05) is 21.3 Å².